The van der Waals surface area contributed by atoms with Crippen molar-refractivity contribution in [2.24, 2.45) is 0 Å². The van der Waals surface area contributed by atoms with Crippen LogP contribution in [0.25, 0.3) is 11.3 Å². The summed E-state index contributed by atoms with van der Waals surface area (Å²) in [6.07, 6.45) is 0. The molecule has 0 aliphatic heterocycles. The monoisotopic (exact) mass is 403 g/mol. The number of hydrogen-bond acceptors (Lipinski definition) is 5. The molecule has 2 amide bonds. The minimum atomic E-state index is -0.332. The van der Waals surface area contributed by atoms with Crippen LogP contribution in [0, 0.1) is 0 Å². The third kappa shape index (κ3) is 4.90. The van der Waals surface area contributed by atoms with E-state index >= 15 is 0 Å². The van der Waals surface area contributed by atoms with Gasteiger partial charge in [-0.05, 0) is 29.8 Å². The molecule has 0 atom stereocenters. The molecule has 140 valence electrons. The molecule has 27 heavy (non-hydrogen) atoms. The summed E-state index contributed by atoms with van der Waals surface area (Å²) in [6.45, 7) is 0.349. The molecule has 1 heterocycles. The lowest BCUT2D eigenvalue weighted by Gasteiger charge is -2.10. The summed E-state index contributed by atoms with van der Waals surface area (Å²) < 4.78 is 10.5. The molecule has 0 fully saturated rings. The van der Waals surface area contributed by atoms with Gasteiger partial charge in [-0.1, -0.05) is 29.8 Å². The zero-order valence-corrected chi connectivity index (χ0v) is 16.4. The van der Waals surface area contributed by atoms with Crippen LogP contribution in [0.1, 0.15) is 5.56 Å². The number of amides is 2. The SMILES string of the molecule is COc1ccc(CNC(=O)Nc2nc(-c3ccc(Cl)cc3)cs2)cc1OC. The summed E-state index contributed by atoms with van der Waals surface area (Å²) in [4.78, 5) is 16.5. The average Bonchev–Trinajstić information content (AvgIpc) is 3.15. The Morgan fingerprint density at radius 2 is 1.85 bits per heavy atom. The normalized spacial score (nSPS) is 10.3. The smallest absolute Gasteiger partial charge is 0.321 e. The second kappa shape index (κ2) is 8.75. The maximum atomic E-state index is 12.1. The first-order valence-electron chi connectivity index (χ1n) is 8.06. The highest BCUT2D eigenvalue weighted by Crippen LogP contribution is 2.28. The minimum Gasteiger partial charge on any atom is -0.493 e. The number of hydrogen-bond donors (Lipinski definition) is 2. The van der Waals surface area contributed by atoms with E-state index in [9.17, 15) is 4.79 Å². The Morgan fingerprint density at radius 3 is 2.56 bits per heavy atom. The molecule has 2 aromatic carbocycles. The Kier molecular flexibility index (Phi) is 6.16. The summed E-state index contributed by atoms with van der Waals surface area (Å²) in [5.74, 6) is 1.26. The van der Waals surface area contributed by atoms with Crippen molar-refractivity contribution >= 4 is 34.1 Å². The van der Waals surface area contributed by atoms with Crippen molar-refractivity contribution < 1.29 is 14.3 Å². The number of aromatic nitrogens is 1. The first-order chi connectivity index (χ1) is 13.1. The van der Waals surface area contributed by atoms with E-state index in [2.05, 4.69) is 15.6 Å². The fraction of sp³-hybridized carbons (Fsp3) is 0.158. The van der Waals surface area contributed by atoms with E-state index in [-0.39, 0.29) is 6.03 Å². The summed E-state index contributed by atoms with van der Waals surface area (Å²) >= 11 is 7.25. The molecular formula is C19H18ClN3O3S. The Labute approximate surface area is 166 Å². The van der Waals surface area contributed by atoms with Gasteiger partial charge in [0, 0.05) is 22.5 Å². The van der Waals surface area contributed by atoms with Crippen LogP contribution in [0.5, 0.6) is 11.5 Å². The van der Waals surface area contributed by atoms with E-state index in [0.29, 0.717) is 28.2 Å². The highest BCUT2D eigenvalue weighted by Gasteiger charge is 2.09. The molecule has 8 heteroatoms. The van der Waals surface area contributed by atoms with Gasteiger partial charge >= 0.3 is 6.03 Å². The lowest BCUT2D eigenvalue weighted by atomic mass is 10.2. The van der Waals surface area contributed by atoms with E-state index in [1.165, 1.54) is 11.3 Å². The molecule has 6 nitrogen and oxygen atoms in total. The number of carbonyl (C=O) groups is 1. The van der Waals surface area contributed by atoms with Crippen LogP contribution in [0.15, 0.2) is 47.8 Å². The van der Waals surface area contributed by atoms with Gasteiger partial charge in [-0.25, -0.2) is 9.78 Å². The lowest BCUT2D eigenvalue weighted by molar-refractivity contribution is 0.251. The van der Waals surface area contributed by atoms with Crippen LogP contribution in [0.4, 0.5) is 9.93 Å². The molecule has 0 spiro atoms. The Hall–Kier alpha value is -2.77. The fourth-order valence-electron chi connectivity index (χ4n) is 2.40. The van der Waals surface area contributed by atoms with Gasteiger partial charge in [0.05, 0.1) is 19.9 Å². The van der Waals surface area contributed by atoms with Crippen LogP contribution in [-0.4, -0.2) is 25.2 Å². The number of rotatable bonds is 6. The number of ether oxygens (including phenoxy) is 2. The molecule has 0 saturated carbocycles. The van der Waals surface area contributed by atoms with Crippen molar-refractivity contribution in [1.82, 2.24) is 10.3 Å². The number of nitrogens with zero attached hydrogens (tertiary/aromatic N) is 1. The minimum absolute atomic E-state index is 0.332. The molecule has 0 aliphatic carbocycles. The highest BCUT2D eigenvalue weighted by atomic mass is 35.5. The zero-order valence-electron chi connectivity index (χ0n) is 14.8. The van der Waals surface area contributed by atoms with Gasteiger partial charge in [-0.3, -0.25) is 5.32 Å². The van der Waals surface area contributed by atoms with Crippen molar-refractivity contribution in [2.75, 3.05) is 19.5 Å². The molecule has 3 aromatic rings. The van der Waals surface area contributed by atoms with E-state index in [1.807, 2.05) is 29.6 Å². The van der Waals surface area contributed by atoms with E-state index in [0.717, 1.165) is 16.8 Å². The number of thiazole rings is 1. The van der Waals surface area contributed by atoms with Gasteiger partial charge in [0.15, 0.2) is 16.6 Å². The molecule has 2 N–H and O–H groups in total. The Morgan fingerprint density at radius 1 is 1.11 bits per heavy atom. The van der Waals surface area contributed by atoms with E-state index < -0.39 is 0 Å². The quantitative estimate of drug-likeness (QED) is 0.620. The maximum absolute atomic E-state index is 12.1. The van der Waals surface area contributed by atoms with Crippen LogP contribution in [-0.2, 0) is 6.54 Å². The number of nitrogens with one attached hydrogen (secondary N) is 2. The molecule has 3 rings (SSSR count). The van der Waals surface area contributed by atoms with E-state index in [4.69, 9.17) is 21.1 Å². The molecule has 0 bridgehead atoms. The van der Waals surface area contributed by atoms with Crippen LogP contribution in [0.3, 0.4) is 0 Å². The average molecular weight is 404 g/mol. The maximum Gasteiger partial charge on any atom is 0.321 e. The van der Waals surface area contributed by atoms with Gasteiger partial charge in [0.2, 0.25) is 0 Å². The molecule has 0 unspecified atom stereocenters. The fourth-order valence-corrected chi connectivity index (χ4v) is 3.24. The Balaban J connectivity index is 1.58. The summed E-state index contributed by atoms with van der Waals surface area (Å²) in [6, 6.07) is 12.5. The zero-order chi connectivity index (χ0) is 19.2. The van der Waals surface area contributed by atoms with Gasteiger partial charge in [-0.2, -0.15) is 0 Å². The molecule has 0 radical (unpaired) electrons. The first kappa shape index (κ1) is 19.0. The van der Waals surface area contributed by atoms with Gasteiger partial charge in [-0.15, -0.1) is 11.3 Å². The number of anilines is 1. The number of benzene rings is 2. The van der Waals surface area contributed by atoms with Crippen molar-refractivity contribution in [3.05, 3.63) is 58.4 Å². The Bertz CT molecular complexity index is 928. The third-order valence-corrected chi connectivity index (χ3v) is 4.78. The molecular weight excluding hydrogens is 386 g/mol. The van der Waals surface area contributed by atoms with Crippen LogP contribution >= 0.6 is 22.9 Å². The third-order valence-electron chi connectivity index (χ3n) is 3.77. The van der Waals surface area contributed by atoms with Crippen molar-refractivity contribution in [1.29, 1.82) is 0 Å². The second-order valence-electron chi connectivity index (χ2n) is 5.54. The topological polar surface area (TPSA) is 72.5 Å². The van der Waals surface area contributed by atoms with Crippen LogP contribution in [0.2, 0.25) is 5.02 Å². The largest absolute Gasteiger partial charge is 0.493 e. The standard InChI is InChI=1S/C19H18ClN3O3S/c1-25-16-8-3-12(9-17(16)26-2)10-21-18(24)23-19-22-15(11-27-19)13-4-6-14(20)7-5-13/h3-9,11H,10H2,1-2H3,(H2,21,22,23,24). The highest BCUT2D eigenvalue weighted by molar-refractivity contribution is 7.14. The molecule has 1 aromatic heterocycles. The van der Waals surface area contributed by atoms with Crippen molar-refractivity contribution in [3.8, 4) is 22.8 Å². The predicted octanol–water partition coefficient (Wildman–Crippen LogP) is 4.80. The molecule has 0 aliphatic rings. The second-order valence-corrected chi connectivity index (χ2v) is 6.84. The number of halogens is 1. The molecule has 0 saturated heterocycles. The number of urea groups is 1. The summed E-state index contributed by atoms with van der Waals surface area (Å²) in [5.41, 5.74) is 2.62. The van der Waals surface area contributed by atoms with Crippen molar-refractivity contribution in [3.63, 3.8) is 0 Å². The van der Waals surface area contributed by atoms with Gasteiger partial charge in [0.1, 0.15) is 0 Å². The number of carbonyl (C=O) groups excluding carboxylic acids is 1. The van der Waals surface area contributed by atoms with E-state index in [1.54, 1.807) is 32.4 Å². The number of methoxy groups -OCH3 is 2. The summed E-state index contributed by atoms with van der Waals surface area (Å²) in [7, 11) is 3.15. The predicted molar refractivity (Wildman–Crippen MR) is 108 cm³/mol. The van der Waals surface area contributed by atoms with Crippen LogP contribution < -0.4 is 20.1 Å². The lowest BCUT2D eigenvalue weighted by Crippen LogP contribution is -2.28. The van der Waals surface area contributed by atoms with Crippen molar-refractivity contribution in [2.45, 2.75) is 6.54 Å². The summed E-state index contributed by atoms with van der Waals surface area (Å²) in [5, 5.41) is 8.60. The van der Waals surface area contributed by atoms with Gasteiger partial charge in [0.25, 0.3) is 0 Å². The first-order valence-corrected chi connectivity index (χ1v) is 9.32. The van der Waals surface area contributed by atoms with Gasteiger partial charge < -0.3 is 14.8 Å².